The molecular weight excluding hydrogens is 299 g/mol. The van der Waals surface area contributed by atoms with Crippen LogP contribution in [0.2, 0.25) is 0 Å². The monoisotopic (exact) mass is 302 g/mol. The molecule has 0 bridgehead atoms. The molecule has 1 aromatic rings. The molecule has 1 rings (SSSR count). The lowest BCUT2D eigenvalue weighted by molar-refractivity contribution is -0.385. The van der Waals surface area contributed by atoms with Crippen molar-refractivity contribution in [2.75, 3.05) is 0 Å². The third-order valence-electron chi connectivity index (χ3n) is 1.84. The van der Waals surface area contributed by atoms with Crippen LogP contribution in [0.15, 0.2) is 6.07 Å². The second-order valence-electron chi connectivity index (χ2n) is 3.15. The van der Waals surface area contributed by atoms with Crippen molar-refractivity contribution < 1.29 is 41.5 Å². The molecule has 0 radical (unpaired) electrons. The summed E-state index contributed by atoms with van der Waals surface area (Å²) in [5, 5.41) is 19.2. The van der Waals surface area contributed by atoms with E-state index in [9.17, 15) is 36.9 Å². The van der Waals surface area contributed by atoms with E-state index in [-0.39, 0.29) is 6.07 Å². The number of alkyl halides is 5. The maximum absolute atomic E-state index is 12.6. The van der Waals surface area contributed by atoms with Gasteiger partial charge in [0, 0.05) is 0 Å². The van der Waals surface area contributed by atoms with E-state index in [1.54, 1.807) is 0 Å². The summed E-state index contributed by atoms with van der Waals surface area (Å²) in [6, 6.07) is 0.00280. The first-order valence-corrected chi connectivity index (χ1v) is 4.49. The molecule has 0 saturated carbocycles. The maximum Gasteiger partial charge on any atom is 0.574 e. The van der Waals surface area contributed by atoms with Crippen molar-refractivity contribution in [2.45, 2.75) is 12.8 Å². The Morgan fingerprint density at radius 3 is 2.35 bits per heavy atom. The highest BCUT2D eigenvalue weighted by Crippen LogP contribution is 2.33. The molecule has 0 atom stereocenters. The van der Waals surface area contributed by atoms with Gasteiger partial charge in [0.15, 0.2) is 5.56 Å². The lowest BCUT2D eigenvalue weighted by atomic mass is 10.1. The molecule has 1 heterocycles. The van der Waals surface area contributed by atoms with Gasteiger partial charge in [-0.05, 0) is 0 Å². The van der Waals surface area contributed by atoms with Crippen LogP contribution in [0.1, 0.15) is 22.5 Å². The molecule has 0 saturated heterocycles. The van der Waals surface area contributed by atoms with Crippen LogP contribution in [0.25, 0.3) is 0 Å². The predicted molar refractivity (Wildman–Crippen MR) is 49.5 cm³/mol. The molecule has 110 valence electrons. The van der Waals surface area contributed by atoms with E-state index >= 15 is 0 Å². The van der Waals surface area contributed by atoms with E-state index in [0.717, 1.165) is 0 Å². The summed E-state index contributed by atoms with van der Waals surface area (Å²) in [7, 11) is 0. The third kappa shape index (κ3) is 3.49. The van der Waals surface area contributed by atoms with Gasteiger partial charge in [-0.3, -0.25) is 10.1 Å². The molecule has 0 aliphatic carbocycles. The fraction of sp³-hybridized carbons (Fsp3) is 0.250. The number of carbonyl (C=O) groups is 1. The first-order valence-electron chi connectivity index (χ1n) is 4.49. The van der Waals surface area contributed by atoms with Crippen molar-refractivity contribution in [1.29, 1.82) is 0 Å². The Balaban J connectivity index is 3.54. The van der Waals surface area contributed by atoms with Crippen molar-refractivity contribution >= 4 is 11.7 Å². The molecule has 12 heteroatoms. The van der Waals surface area contributed by atoms with E-state index in [2.05, 4.69) is 9.72 Å². The molecule has 1 aromatic heterocycles. The number of ether oxygens (including phenoxy) is 1. The SMILES string of the molecule is O=C(O)c1c([N+](=O)[O-])cc(OC(F)(F)F)nc1C(F)F. The highest BCUT2D eigenvalue weighted by Gasteiger charge is 2.36. The van der Waals surface area contributed by atoms with Gasteiger partial charge in [-0.25, -0.2) is 18.6 Å². The molecule has 0 aliphatic rings. The van der Waals surface area contributed by atoms with Crippen LogP contribution in [-0.2, 0) is 0 Å². The van der Waals surface area contributed by atoms with Crippen LogP contribution >= 0.6 is 0 Å². The first kappa shape index (κ1) is 15.5. The Labute approximate surface area is 105 Å². The fourth-order valence-corrected chi connectivity index (χ4v) is 1.22. The lowest BCUT2D eigenvalue weighted by Gasteiger charge is -2.11. The van der Waals surface area contributed by atoms with Crippen LogP contribution in [0.4, 0.5) is 27.6 Å². The summed E-state index contributed by atoms with van der Waals surface area (Å²) >= 11 is 0. The minimum Gasteiger partial charge on any atom is -0.477 e. The van der Waals surface area contributed by atoms with E-state index in [1.165, 1.54) is 0 Å². The number of carboxylic acids is 1. The zero-order chi connectivity index (χ0) is 15.7. The number of hydrogen-bond acceptors (Lipinski definition) is 5. The molecule has 0 amide bonds. The highest BCUT2D eigenvalue weighted by atomic mass is 19.4. The van der Waals surface area contributed by atoms with Gasteiger partial charge >= 0.3 is 12.3 Å². The topological polar surface area (TPSA) is 103 Å². The van der Waals surface area contributed by atoms with Crippen molar-refractivity contribution in [3.8, 4) is 5.88 Å². The van der Waals surface area contributed by atoms with Crippen LogP contribution in [0, 0.1) is 10.1 Å². The smallest absolute Gasteiger partial charge is 0.477 e. The quantitative estimate of drug-likeness (QED) is 0.521. The van der Waals surface area contributed by atoms with E-state index < -0.39 is 46.5 Å². The number of rotatable bonds is 4. The highest BCUT2D eigenvalue weighted by molar-refractivity contribution is 5.93. The number of aromatic nitrogens is 1. The third-order valence-corrected chi connectivity index (χ3v) is 1.84. The van der Waals surface area contributed by atoms with Gasteiger partial charge in [0.25, 0.3) is 12.1 Å². The van der Waals surface area contributed by atoms with E-state index in [4.69, 9.17) is 5.11 Å². The summed E-state index contributed by atoms with van der Waals surface area (Å²) in [6.07, 6.45) is -8.97. The Morgan fingerprint density at radius 2 is 2.00 bits per heavy atom. The molecule has 1 N–H and O–H groups in total. The molecule has 0 unspecified atom stereocenters. The number of nitro groups is 1. The number of halogens is 5. The van der Waals surface area contributed by atoms with Gasteiger partial charge in [0.2, 0.25) is 5.88 Å². The van der Waals surface area contributed by atoms with Gasteiger partial charge in [0.1, 0.15) is 5.69 Å². The van der Waals surface area contributed by atoms with Crippen molar-refractivity contribution in [3.63, 3.8) is 0 Å². The number of aromatic carboxylic acids is 1. The van der Waals surface area contributed by atoms with Crippen LogP contribution < -0.4 is 4.74 Å². The molecule has 0 aromatic carbocycles. The van der Waals surface area contributed by atoms with Crippen LogP contribution in [-0.4, -0.2) is 27.3 Å². The summed E-state index contributed by atoms with van der Waals surface area (Å²) < 4.78 is 64.1. The first-order chi connectivity index (χ1) is 9.03. The van der Waals surface area contributed by atoms with E-state index in [0.29, 0.717) is 0 Å². The van der Waals surface area contributed by atoms with Crippen molar-refractivity contribution in [3.05, 3.63) is 27.4 Å². The second kappa shape index (κ2) is 5.22. The van der Waals surface area contributed by atoms with Gasteiger partial charge in [-0.15, -0.1) is 13.2 Å². The Hall–Kier alpha value is -2.53. The Morgan fingerprint density at radius 1 is 1.45 bits per heavy atom. The predicted octanol–water partition coefficient (Wildman–Crippen LogP) is 2.52. The summed E-state index contributed by atoms with van der Waals surface area (Å²) in [5.41, 5.74) is -4.67. The van der Waals surface area contributed by atoms with Gasteiger partial charge < -0.3 is 9.84 Å². The standard InChI is InChI=1S/C8H3F5N2O5/c9-6(10)5-4(7(16)17)2(15(18)19)1-3(14-5)20-8(11,12)13/h1,6H,(H,16,17). The second-order valence-corrected chi connectivity index (χ2v) is 3.15. The summed E-state index contributed by atoms with van der Waals surface area (Å²) in [4.78, 5) is 22.5. The minimum atomic E-state index is -5.33. The lowest BCUT2D eigenvalue weighted by Crippen LogP contribution is -2.19. The van der Waals surface area contributed by atoms with Gasteiger partial charge in [-0.1, -0.05) is 0 Å². The van der Waals surface area contributed by atoms with Gasteiger partial charge in [0.05, 0.1) is 11.0 Å². The van der Waals surface area contributed by atoms with Crippen molar-refractivity contribution in [1.82, 2.24) is 4.98 Å². The Bertz CT molecular complexity index is 559. The summed E-state index contributed by atoms with van der Waals surface area (Å²) in [6.45, 7) is 0. The molecule has 20 heavy (non-hydrogen) atoms. The van der Waals surface area contributed by atoms with Crippen molar-refractivity contribution in [2.24, 2.45) is 0 Å². The largest absolute Gasteiger partial charge is 0.574 e. The number of nitrogens with zero attached hydrogens (tertiary/aromatic N) is 2. The van der Waals surface area contributed by atoms with E-state index in [1.807, 2.05) is 0 Å². The number of carboxylic acid groups (broad SMARTS) is 1. The zero-order valence-corrected chi connectivity index (χ0v) is 9.02. The molecule has 7 nitrogen and oxygen atoms in total. The zero-order valence-electron chi connectivity index (χ0n) is 9.02. The number of pyridine rings is 1. The molecule has 0 aliphatic heterocycles. The normalized spacial score (nSPS) is 11.5. The Kier molecular flexibility index (Phi) is 4.06. The molecule has 0 spiro atoms. The van der Waals surface area contributed by atoms with Gasteiger partial charge in [-0.2, -0.15) is 0 Å². The minimum absolute atomic E-state index is 0.00280. The number of hydrogen-bond donors (Lipinski definition) is 1. The fourth-order valence-electron chi connectivity index (χ4n) is 1.22. The average molecular weight is 302 g/mol. The summed E-state index contributed by atoms with van der Waals surface area (Å²) in [5.74, 6) is -3.68. The molecular formula is C8H3F5N2O5. The average Bonchev–Trinajstić information content (AvgIpc) is 2.24. The van der Waals surface area contributed by atoms with Crippen LogP contribution in [0.5, 0.6) is 5.88 Å². The molecule has 0 fully saturated rings. The maximum atomic E-state index is 12.6. The van der Waals surface area contributed by atoms with Crippen LogP contribution in [0.3, 0.4) is 0 Å².